The van der Waals surface area contributed by atoms with E-state index in [1.165, 1.54) is 4.90 Å². The van der Waals surface area contributed by atoms with Crippen molar-refractivity contribution < 1.29 is 14.7 Å². The quantitative estimate of drug-likeness (QED) is 0.618. The van der Waals surface area contributed by atoms with Crippen LogP contribution in [0.5, 0.6) is 0 Å². The number of hydrogen-bond acceptors (Lipinski definition) is 7. The molecule has 2 amide bonds. The molecule has 11 nitrogen and oxygen atoms in total. The van der Waals surface area contributed by atoms with Gasteiger partial charge in [-0.2, -0.15) is 5.10 Å². The molecule has 11 heteroatoms. The van der Waals surface area contributed by atoms with E-state index < -0.39 is 23.6 Å². The predicted octanol–water partition coefficient (Wildman–Crippen LogP) is 1.03. The van der Waals surface area contributed by atoms with Gasteiger partial charge in [0.25, 0.3) is 0 Å². The first kappa shape index (κ1) is 22.9. The molecule has 2 aromatic heterocycles. The summed E-state index contributed by atoms with van der Waals surface area (Å²) in [5.41, 5.74) is 0.449. The Hall–Kier alpha value is -2.82. The number of nitrogens with one attached hydrogen (secondary N) is 1. The summed E-state index contributed by atoms with van der Waals surface area (Å²) in [7, 11) is 1.82. The van der Waals surface area contributed by atoms with Crippen molar-refractivity contribution in [1.29, 1.82) is 0 Å². The lowest BCUT2D eigenvalue weighted by Gasteiger charge is -2.34. The summed E-state index contributed by atoms with van der Waals surface area (Å²) in [4.78, 5) is 33.0. The standard InChI is InChI=1S/C23H34N8O3/c1-23(2,3)19(31-12-16(26-28-31)13-5-6-13)22(34)30-11-15(32)9-17(30)21(33)24-10-18-25-20(14-7-8-14)27-29(18)4/h12-15,17,19,32H,5-11H2,1-4H3,(H,24,33)/t15?,17?,19-/m1/s1. The second kappa shape index (κ2) is 8.44. The lowest BCUT2D eigenvalue weighted by molar-refractivity contribution is -0.144. The molecule has 2 saturated carbocycles. The van der Waals surface area contributed by atoms with Crippen LogP contribution in [0.2, 0.25) is 0 Å². The molecule has 184 valence electrons. The highest BCUT2D eigenvalue weighted by Gasteiger charge is 2.45. The molecule has 5 rings (SSSR count). The highest BCUT2D eigenvalue weighted by atomic mass is 16.3. The Labute approximate surface area is 198 Å². The smallest absolute Gasteiger partial charge is 0.248 e. The first-order valence-corrected chi connectivity index (χ1v) is 12.2. The van der Waals surface area contributed by atoms with Gasteiger partial charge in [-0.25, -0.2) is 9.67 Å². The van der Waals surface area contributed by atoms with Gasteiger partial charge in [0.15, 0.2) is 5.82 Å². The molecular weight excluding hydrogens is 436 g/mol. The van der Waals surface area contributed by atoms with Crippen LogP contribution in [0.15, 0.2) is 6.20 Å². The molecular formula is C23H34N8O3. The number of carbonyl (C=O) groups excluding carboxylic acids is 2. The van der Waals surface area contributed by atoms with E-state index in [1.54, 1.807) is 9.36 Å². The van der Waals surface area contributed by atoms with Gasteiger partial charge in [-0.3, -0.25) is 14.3 Å². The van der Waals surface area contributed by atoms with E-state index in [0.29, 0.717) is 17.7 Å². The van der Waals surface area contributed by atoms with Gasteiger partial charge in [0, 0.05) is 38.0 Å². The van der Waals surface area contributed by atoms with Crippen LogP contribution in [-0.4, -0.2) is 70.3 Å². The van der Waals surface area contributed by atoms with Gasteiger partial charge < -0.3 is 15.3 Å². The molecule has 3 aliphatic rings. The fraction of sp³-hybridized carbons (Fsp3) is 0.739. The van der Waals surface area contributed by atoms with Crippen molar-refractivity contribution in [1.82, 2.24) is 40.0 Å². The van der Waals surface area contributed by atoms with Crippen molar-refractivity contribution in [3.8, 4) is 0 Å². The van der Waals surface area contributed by atoms with Gasteiger partial charge in [0.2, 0.25) is 11.8 Å². The molecule has 0 spiro atoms. The van der Waals surface area contributed by atoms with E-state index in [1.807, 2.05) is 34.0 Å². The molecule has 3 heterocycles. The normalized spacial score (nSPS) is 23.9. The minimum atomic E-state index is -0.755. The largest absolute Gasteiger partial charge is 0.391 e. The number of likely N-dealkylation sites (tertiary alicyclic amines) is 1. The summed E-state index contributed by atoms with van der Waals surface area (Å²) in [6.07, 6.45) is 5.71. The Balaban J connectivity index is 1.31. The van der Waals surface area contributed by atoms with Gasteiger partial charge in [0.05, 0.1) is 18.3 Å². The van der Waals surface area contributed by atoms with Crippen LogP contribution < -0.4 is 5.32 Å². The highest BCUT2D eigenvalue weighted by molar-refractivity contribution is 5.90. The number of aromatic nitrogens is 6. The average Bonchev–Trinajstić information content (AvgIpc) is 3.68. The number of aliphatic hydroxyl groups is 1. The minimum Gasteiger partial charge on any atom is -0.391 e. The zero-order valence-corrected chi connectivity index (χ0v) is 20.3. The zero-order valence-electron chi connectivity index (χ0n) is 20.3. The summed E-state index contributed by atoms with van der Waals surface area (Å²) in [6, 6.07) is -1.39. The lowest BCUT2D eigenvalue weighted by atomic mass is 9.85. The molecule has 3 atom stereocenters. The Bertz CT molecular complexity index is 1080. The molecule has 0 bridgehead atoms. The molecule has 2 aromatic rings. The summed E-state index contributed by atoms with van der Waals surface area (Å²) >= 11 is 0. The monoisotopic (exact) mass is 470 g/mol. The van der Waals surface area contributed by atoms with E-state index in [0.717, 1.165) is 37.2 Å². The van der Waals surface area contributed by atoms with Gasteiger partial charge >= 0.3 is 0 Å². The molecule has 2 N–H and O–H groups in total. The fourth-order valence-corrected chi connectivity index (χ4v) is 4.72. The molecule has 2 aliphatic carbocycles. The maximum atomic E-state index is 13.8. The maximum absolute atomic E-state index is 13.8. The molecule has 0 aromatic carbocycles. The Morgan fingerprint density at radius 2 is 1.91 bits per heavy atom. The maximum Gasteiger partial charge on any atom is 0.248 e. The number of aliphatic hydroxyl groups excluding tert-OH is 1. The number of aryl methyl sites for hydroxylation is 1. The Morgan fingerprint density at radius 3 is 2.56 bits per heavy atom. The van der Waals surface area contributed by atoms with Crippen LogP contribution >= 0.6 is 0 Å². The number of hydrogen-bond donors (Lipinski definition) is 2. The van der Waals surface area contributed by atoms with Gasteiger partial charge in [-0.05, 0) is 31.1 Å². The number of rotatable bonds is 7. The van der Waals surface area contributed by atoms with Gasteiger partial charge in [-0.1, -0.05) is 26.0 Å². The number of carbonyl (C=O) groups is 2. The molecule has 0 radical (unpaired) electrons. The van der Waals surface area contributed by atoms with E-state index >= 15 is 0 Å². The van der Waals surface area contributed by atoms with Crippen LogP contribution in [0.1, 0.15) is 88.1 Å². The van der Waals surface area contributed by atoms with Crippen molar-refractivity contribution in [2.24, 2.45) is 12.5 Å². The summed E-state index contributed by atoms with van der Waals surface area (Å²) in [5.74, 6) is 1.83. The second-order valence-corrected chi connectivity index (χ2v) is 11.1. The third-order valence-corrected chi connectivity index (χ3v) is 6.94. The first-order valence-electron chi connectivity index (χ1n) is 12.2. The van der Waals surface area contributed by atoms with Crippen molar-refractivity contribution in [2.45, 2.75) is 89.4 Å². The van der Waals surface area contributed by atoms with Crippen LogP contribution in [0, 0.1) is 5.41 Å². The molecule has 1 aliphatic heterocycles. The zero-order chi connectivity index (χ0) is 24.2. The topological polar surface area (TPSA) is 131 Å². The summed E-state index contributed by atoms with van der Waals surface area (Å²) < 4.78 is 3.33. The minimum absolute atomic E-state index is 0.115. The van der Waals surface area contributed by atoms with Crippen LogP contribution in [0.4, 0.5) is 0 Å². The van der Waals surface area contributed by atoms with Crippen molar-refractivity contribution >= 4 is 11.8 Å². The SMILES string of the molecule is Cn1nc(C2CC2)nc1CNC(=O)C1CC(O)CN1C(=O)[C@@H](n1cc(C2CC2)nn1)C(C)(C)C. The van der Waals surface area contributed by atoms with Crippen molar-refractivity contribution in [3.63, 3.8) is 0 Å². The Kier molecular flexibility index (Phi) is 5.70. The Morgan fingerprint density at radius 1 is 1.21 bits per heavy atom. The lowest BCUT2D eigenvalue weighted by Crippen LogP contribution is -2.50. The number of nitrogens with zero attached hydrogens (tertiary/aromatic N) is 7. The average molecular weight is 471 g/mol. The molecule has 34 heavy (non-hydrogen) atoms. The molecule has 2 unspecified atom stereocenters. The van der Waals surface area contributed by atoms with E-state index in [2.05, 4.69) is 25.7 Å². The van der Waals surface area contributed by atoms with Crippen LogP contribution in [0.25, 0.3) is 0 Å². The summed E-state index contributed by atoms with van der Waals surface area (Å²) in [6.45, 7) is 6.26. The third kappa shape index (κ3) is 4.57. The van der Waals surface area contributed by atoms with Gasteiger partial charge in [0.1, 0.15) is 17.9 Å². The molecule has 1 saturated heterocycles. The second-order valence-electron chi connectivity index (χ2n) is 11.1. The first-order chi connectivity index (χ1) is 16.1. The fourth-order valence-electron chi connectivity index (χ4n) is 4.72. The number of amides is 2. The van der Waals surface area contributed by atoms with E-state index in [-0.39, 0.29) is 31.3 Å². The van der Waals surface area contributed by atoms with Crippen molar-refractivity contribution in [3.05, 3.63) is 23.5 Å². The van der Waals surface area contributed by atoms with Crippen molar-refractivity contribution in [2.75, 3.05) is 6.54 Å². The van der Waals surface area contributed by atoms with Gasteiger partial charge in [-0.15, -0.1) is 5.10 Å². The van der Waals surface area contributed by atoms with E-state index in [9.17, 15) is 14.7 Å². The highest BCUT2D eigenvalue weighted by Crippen LogP contribution is 2.40. The molecule has 3 fully saturated rings. The van der Waals surface area contributed by atoms with E-state index in [4.69, 9.17) is 0 Å². The summed E-state index contributed by atoms with van der Waals surface area (Å²) in [5, 5.41) is 26.3. The van der Waals surface area contributed by atoms with Crippen LogP contribution in [0.3, 0.4) is 0 Å². The predicted molar refractivity (Wildman–Crippen MR) is 121 cm³/mol. The van der Waals surface area contributed by atoms with Crippen LogP contribution in [-0.2, 0) is 23.2 Å². The number of β-amino-alcohol motifs (C(OH)–C–C–N with tert-alkyl or cyclic N) is 1. The third-order valence-electron chi connectivity index (χ3n) is 6.94.